The van der Waals surface area contributed by atoms with E-state index < -0.39 is 12.7 Å². The van der Waals surface area contributed by atoms with E-state index >= 15 is 0 Å². The summed E-state index contributed by atoms with van der Waals surface area (Å²) in [5.41, 5.74) is 0. The van der Waals surface area contributed by atoms with Crippen molar-refractivity contribution < 1.29 is 17.9 Å². The Morgan fingerprint density at radius 2 is 1.85 bits per heavy atom. The van der Waals surface area contributed by atoms with E-state index in [-0.39, 0.29) is 0 Å². The first kappa shape index (κ1) is 21.3. The number of nitrogens with zero attached hydrogens (tertiary/aromatic N) is 2. The number of hydrogen-bond donors (Lipinski definition) is 2. The van der Waals surface area contributed by atoms with E-state index in [0.717, 1.165) is 50.8 Å². The van der Waals surface area contributed by atoms with Crippen LogP contribution in [0.4, 0.5) is 13.2 Å². The summed E-state index contributed by atoms with van der Waals surface area (Å²) >= 11 is 0. The van der Waals surface area contributed by atoms with Gasteiger partial charge in [0, 0.05) is 26.2 Å². The minimum Gasteiger partial charge on any atom is -0.379 e. The monoisotopic (exact) mass is 378 g/mol. The minimum absolute atomic E-state index is 0.466. The number of guanidine groups is 1. The molecule has 0 aromatic carbocycles. The van der Waals surface area contributed by atoms with Gasteiger partial charge in [-0.1, -0.05) is 0 Å². The van der Waals surface area contributed by atoms with Crippen molar-refractivity contribution in [1.29, 1.82) is 0 Å². The van der Waals surface area contributed by atoms with Gasteiger partial charge in [0.15, 0.2) is 5.96 Å². The van der Waals surface area contributed by atoms with E-state index in [1.165, 1.54) is 17.7 Å². The molecule has 2 N–H and O–H groups in total. The highest BCUT2D eigenvalue weighted by Crippen LogP contribution is 2.28. The van der Waals surface area contributed by atoms with Crippen LogP contribution in [0.25, 0.3) is 0 Å². The van der Waals surface area contributed by atoms with Gasteiger partial charge in [0.25, 0.3) is 0 Å². The number of hydrogen-bond acceptors (Lipinski definition) is 3. The molecule has 0 spiro atoms. The highest BCUT2D eigenvalue weighted by Gasteiger charge is 2.32. The normalized spacial score (nSPS) is 20.4. The van der Waals surface area contributed by atoms with Crippen molar-refractivity contribution in [2.75, 3.05) is 52.5 Å². The summed E-state index contributed by atoms with van der Waals surface area (Å²) in [5.74, 6) is 2.03. The first-order chi connectivity index (χ1) is 12.5. The summed E-state index contributed by atoms with van der Waals surface area (Å²) in [6.07, 6.45) is 1.08. The molecule has 2 rings (SSSR count). The summed E-state index contributed by atoms with van der Waals surface area (Å²) in [7, 11) is 0. The maximum atomic E-state index is 12.4. The average molecular weight is 378 g/mol. The molecule has 2 fully saturated rings. The van der Waals surface area contributed by atoms with Crippen molar-refractivity contribution in [2.24, 2.45) is 16.8 Å². The van der Waals surface area contributed by atoms with Crippen LogP contribution in [0.2, 0.25) is 0 Å². The third-order valence-electron chi connectivity index (χ3n) is 4.85. The third-order valence-corrected chi connectivity index (χ3v) is 4.85. The Hall–Kier alpha value is -1.02. The fourth-order valence-electron chi connectivity index (χ4n) is 3.16. The van der Waals surface area contributed by atoms with Crippen LogP contribution in [-0.2, 0) is 4.74 Å². The van der Waals surface area contributed by atoms with Gasteiger partial charge in [-0.2, -0.15) is 13.2 Å². The van der Waals surface area contributed by atoms with Crippen molar-refractivity contribution in [3.8, 4) is 0 Å². The number of halogens is 3. The topological polar surface area (TPSA) is 48.9 Å². The molecule has 0 aromatic heterocycles. The first-order valence-electron chi connectivity index (χ1n) is 9.85. The van der Waals surface area contributed by atoms with Crippen LogP contribution in [0.5, 0.6) is 0 Å². The lowest BCUT2D eigenvalue weighted by Gasteiger charge is -2.32. The molecule has 2 aliphatic rings. The number of aliphatic imine (C=N–C) groups is 1. The maximum absolute atomic E-state index is 12.4. The highest BCUT2D eigenvalue weighted by molar-refractivity contribution is 5.79. The molecule has 0 bridgehead atoms. The maximum Gasteiger partial charge on any atom is 0.401 e. The molecule has 0 aromatic rings. The van der Waals surface area contributed by atoms with Crippen LogP contribution < -0.4 is 10.6 Å². The molecule has 1 saturated heterocycles. The van der Waals surface area contributed by atoms with Gasteiger partial charge < -0.3 is 15.4 Å². The molecule has 0 radical (unpaired) electrons. The van der Waals surface area contributed by atoms with E-state index in [4.69, 9.17) is 4.74 Å². The molecule has 1 saturated carbocycles. The molecule has 5 nitrogen and oxygen atoms in total. The lowest BCUT2D eigenvalue weighted by molar-refractivity contribution is -0.148. The number of nitrogens with one attached hydrogen (secondary N) is 2. The summed E-state index contributed by atoms with van der Waals surface area (Å²) in [5, 5.41) is 6.48. The lowest BCUT2D eigenvalue weighted by atomic mass is 9.93. The highest BCUT2D eigenvalue weighted by atomic mass is 19.4. The molecule has 8 heteroatoms. The largest absolute Gasteiger partial charge is 0.401 e. The fourth-order valence-corrected chi connectivity index (χ4v) is 3.16. The Morgan fingerprint density at radius 3 is 2.46 bits per heavy atom. The summed E-state index contributed by atoms with van der Waals surface area (Å²) in [6.45, 7) is 6.07. The minimum atomic E-state index is -4.09. The Labute approximate surface area is 154 Å². The van der Waals surface area contributed by atoms with E-state index in [9.17, 15) is 13.2 Å². The fraction of sp³-hybridized carbons (Fsp3) is 0.944. The van der Waals surface area contributed by atoms with E-state index in [2.05, 4.69) is 15.6 Å². The second-order valence-corrected chi connectivity index (χ2v) is 7.33. The van der Waals surface area contributed by atoms with Crippen LogP contribution in [0, 0.1) is 11.8 Å². The number of rotatable bonds is 10. The summed E-state index contributed by atoms with van der Waals surface area (Å²) in [6, 6.07) is 0. The lowest BCUT2D eigenvalue weighted by Crippen LogP contribution is -2.40. The van der Waals surface area contributed by atoms with Crippen LogP contribution in [0.15, 0.2) is 4.99 Å². The first-order valence-corrected chi connectivity index (χ1v) is 9.85. The van der Waals surface area contributed by atoms with Crippen molar-refractivity contribution in [1.82, 2.24) is 15.5 Å². The predicted octanol–water partition coefficient (Wildman–Crippen LogP) is 2.63. The van der Waals surface area contributed by atoms with Gasteiger partial charge in [-0.15, -0.1) is 0 Å². The molecule has 1 aliphatic carbocycles. The van der Waals surface area contributed by atoms with Crippen LogP contribution in [0.1, 0.15) is 39.0 Å². The second-order valence-electron chi connectivity index (χ2n) is 7.33. The zero-order valence-corrected chi connectivity index (χ0v) is 15.8. The van der Waals surface area contributed by atoms with Crippen LogP contribution in [0.3, 0.4) is 0 Å². The van der Waals surface area contributed by atoms with Gasteiger partial charge in [0.05, 0.1) is 13.2 Å². The van der Waals surface area contributed by atoms with Crippen molar-refractivity contribution in [3.63, 3.8) is 0 Å². The zero-order chi connectivity index (χ0) is 18.8. The van der Waals surface area contributed by atoms with Gasteiger partial charge in [0.1, 0.15) is 0 Å². The quantitative estimate of drug-likeness (QED) is 0.349. The Bertz CT molecular complexity index is 419. The van der Waals surface area contributed by atoms with Gasteiger partial charge in [0.2, 0.25) is 0 Å². The summed E-state index contributed by atoms with van der Waals surface area (Å²) < 4.78 is 42.8. The molecular formula is C18H33F3N4O. The SMILES string of the molecule is CCNC(=NCCC1CCN(CC(F)(F)F)CC1)NCCOCC1CC1. The van der Waals surface area contributed by atoms with Gasteiger partial charge in [-0.25, -0.2) is 0 Å². The van der Waals surface area contributed by atoms with Crippen LogP contribution in [-0.4, -0.2) is 69.5 Å². The molecular weight excluding hydrogens is 345 g/mol. The second kappa shape index (κ2) is 11.0. The summed E-state index contributed by atoms with van der Waals surface area (Å²) in [4.78, 5) is 6.08. The van der Waals surface area contributed by atoms with E-state index in [1.807, 2.05) is 6.92 Å². The molecule has 1 heterocycles. The molecule has 1 aliphatic heterocycles. The van der Waals surface area contributed by atoms with Crippen molar-refractivity contribution in [2.45, 2.75) is 45.2 Å². The third kappa shape index (κ3) is 9.62. The molecule has 0 atom stereocenters. The Balaban J connectivity index is 1.58. The molecule has 152 valence electrons. The number of ether oxygens (including phenoxy) is 1. The van der Waals surface area contributed by atoms with Crippen LogP contribution >= 0.6 is 0 Å². The number of likely N-dealkylation sites (tertiary alicyclic amines) is 1. The van der Waals surface area contributed by atoms with Crippen molar-refractivity contribution in [3.05, 3.63) is 0 Å². The molecule has 0 amide bonds. The standard InChI is InChI=1S/C18H33F3N4O/c1-2-22-17(24-9-12-26-13-16-3-4-16)23-8-5-15-6-10-25(11-7-15)14-18(19,20)21/h15-16H,2-14H2,1H3,(H2,22,23,24). The smallest absolute Gasteiger partial charge is 0.379 e. The number of alkyl halides is 3. The average Bonchev–Trinajstić information content (AvgIpc) is 3.39. The van der Waals surface area contributed by atoms with E-state index in [0.29, 0.717) is 32.2 Å². The zero-order valence-electron chi connectivity index (χ0n) is 15.8. The van der Waals surface area contributed by atoms with Gasteiger partial charge in [-0.05, 0) is 64.0 Å². The number of piperidine rings is 1. The van der Waals surface area contributed by atoms with Crippen molar-refractivity contribution >= 4 is 5.96 Å². The van der Waals surface area contributed by atoms with Gasteiger partial charge in [-0.3, -0.25) is 9.89 Å². The Morgan fingerprint density at radius 1 is 1.12 bits per heavy atom. The van der Waals surface area contributed by atoms with E-state index in [1.54, 1.807) is 0 Å². The molecule has 0 unspecified atom stereocenters. The van der Waals surface area contributed by atoms with Gasteiger partial charge >= 0.3 is 6.18 Å². The Kier molecular flexibility index (Phi) is 8.98. The predicted molar refractivity (Wildman–Crippen MR) is 97.4 cm³/mol. The molecule has 26 heavy (non-hydrogen) atoms.